The molecule has 16 heavy (non-hydrogen) atoms. The third-order valence-electron chi connectivity index (χ3n) is 3.11. The lowest BCUT2D eigenvalue weighted by Gasteiger charge is -2.18. The molecule has 0 amide bonds. The molecule has 92 valence electrons. The maximum absolute atomic E-state index is 11.7. The lowest BCUT2D eigenvalue weighted by Crippen LogP contribution is -2.37. The second-order valence-electron chi connectivity index (χ2n) is 4.17. The summed E-state index contributed by atoms with van der Waals surface area (Å²) in [5.74, 6) is -0.658. The van der Waals surface area contributed by atoms with E-state index in [0.717, 1.165) is 0 Å². The van der Waals surface area contributed by atoms with E-state index in [1.807, 2.05) is 13.8 Å². The van der Waals surface area contributed by atoms with Crippen LogP contribution in [0, 0.1) is 11.8 Å². The summed E-state index contributed by atoms with van der Waals surface area (Å²) in [7, 11) is 0. The van der Waals surface area contributed by atoms with Gasteiger partial charge in [-0.15, -0.1) is 11.6 Å². The summed E-state index contributed by atoms with van der Waals surface area (Å²) in [6.45, 7) is 5.91. The van der Waals surface area contributed by atoms with Crippen molar-refractivity contribution in [2.75, 3.05) is 12.5 Å². The molecule has 5 heteroatoms. The van der Waals surface area contributed by atoms with Crippen LogP contribution < -0.4 is 5.32 Å². The van der Waals surface area contributed by atoms with Gasteiger partial charge in [0.15, 0.2) is 5.78 Å². The van der Waals surface area contributed by atoms with Gasteiger partial charge in [0.25, 0.3) is 0 Å². The lowest BCUT2D eigenvalue weighted by atomic mass is 9.88. The summed E-state index contributed by atoms with van der Waals surface area (Å²) >= 11 is 5.53. The Hall–Kier alpha value is -0.610. The Morgan fingerprint density at radius 2 is 2.00 bits per heavy atom. The Kier molecular flexibility index (Phi) is 4.74. The van der Waals surface area contributed by atoms with E-state index < -0.39 is 0 Å². The molecule has 1 aliphatic rings. The van der Waals surface area contributed by atoms with E-state index in [1.54, 1.807) is 6.92 Å². The minimum atomic E-state index is -0.332. The SMILES string of the molecule is CCOC(=O)C1C(C)NC(C(=O)CCl)C1C. The Balaban J connectivity index is 2.74. The van der Waals surface area contributed by atoms with Crippen LogP contribution >= 0.6 is 11.6 Å². The van der Waals surface area contributed by atoms with Gasteiger partial charge in [-0.1, -0.05) is 6.92 Å². The van der Waals surface area contributed by atoms with Crippen molar-refractivity contribution in [1.29, 1.82) is 0 Å². The summed E-state index contributed by atoms with van der Waals surface area (Å²) in [6, 6.07) is -0.381. The van der Waals surface area contributed by atoms with Crippen molar-refractivity contribution in [3.8, 4) is 0 Å². The normalized spacial score (nSPS) is 33.8. The molecule has 0 bridgehead atoms. The molecule has 0 spiro atoms. The first-order chi connectivity index (χ1) is 7.52. The van der Waals surface area contributed by atoms with Gasteiger partial charge >= 0.3 is 5.97 Å². The number of rotatable bonds is 4. The summed E-state index contributed by atoms with van der Waals surface area (Å²) in [6.07, 6.45) is 0. The molecule has 0 aromatic carbocycles. The summed E-state index contributed by atoms with van der Waals surface area (Å²) in [5.41, 5.74) is 0. The third kappa shape index (κ3) is 2.55. The number of esters is 1. The largest absolute Gasteiger partial charge is 0.466 e. The highest BCUT2D eigenvalue weighted by Crippen LogP contribution is 2.29. The molecule has 1 aliphatic heterocycles. The Labute approximate surface area is 101 Å². The average Bonchev–Trinajstić information content (AvgIpc) is 2.53. The van der Waals surface area contributed by atoms with Crippen molar-refractivity contribution in [3.05, 3.63) is 0 Å². The predicted molar refractivity (Wildman–Crippen MR) is 61.4 cm³/mol. The molecule has 0 radical (unpaired) electrons. The summed E-state index contributed by atoms with van der Waals surface area (Å²) < 4.78 is 5.01. The van der Waals surface area contributed by atoms with E-state index in [1.165, 1.54) is 0 Å². The maximum Gasteiger partial charge on any atom is 0.310 e. The van der Waals surface area contributed by atoms with Crippen LogP contribution in [0.4, 0.5) is 0 Å². The van der Waals surface area contributed by atoms with Gasteiger partial charge in [0.05, 0.1) is 24.4 Å². The van der Waals surface area contributed by atoms with E-state index in [9.17, 15) is 9.59 Å². The highest BCUT2D eigenvalue weighted by atomic mass is 35.5. The van der Waals surface area contributed by atoms with Crippen molar-refractivity contribution in [2.45, 2.75) is 32.9 Å². The number of halogens is 1. The summed E-state index contributed by atoms with van der Waals surface area (Å²) in [5, 5.41) is 3.11. The van der Waals surface area contributed by atoms with Crippen LogP contribution in [0.5, 0.6) is 0 Å². The first-order valence-corrected chi connectivity index (χ1v) is 6.07. The van der Waals surface area contributed by atoms with Crippen LogP contribution in [-0.2, 0) is 14.3 Å². The maximum atomic E-state index is 11.7. The molecule has 4 atom stereocenters. The van der Waals surface area contributed by atoms with Crippen molar-refractivity contribution in [3.63, 3.8) is 0 Å². The van der Waals surface area contributed by atoms with Crippen LogP contribution in [0.1, 0.15) is 20.8 Å². The van der Waals surface area contributed by atoms with Gasteiger partial charge in [-0.3, -0.25) is 9.59 Å². The predicted octanol–water partition coefficient (Wildman–Crippen LogP) is 0.970. The standard InChI is InChI=1S/C11H18ClNO3/c1-4-16-11(15)9-6(2)10(8(14)5-12)13-7(9)3/h6-7,9-10,13H,4-5H2,1-3H3. The zero-order chi connectivity index (χ0) is 12.3. The second-order valence-corrected chi connectivity index (χ2v) is 4.44. The average molecular weight is 248 g/mol. The van der Waals surface area contributed by atoms with Gasteiger partial charge in [-0.25, -0.2) is 0 Å². The number of carbonyl (C=O) groups excluding carboxylic acids is 2. The molecule has 1 fully saturated rings. The smallest absolute Gasteiger partial charge is 0.310 e. The highest BCUT2D eigenvalue weighted by Gasteiger charge is 2.45. The number of alkyl halides is 1. The van der Waals surface area contributed by atoms with Crippen molar-refractivity contribution >= 4 is 23.4 Å². The van der Waals surface area contributed by atoms with Gasteiger partial charge in [0.2, 0.25) is 0 Å². The lowest BCUT2D eigenvalue weighted by molar-refractivity contribution is -0.149. The van der Waals surface area contributed by atoms with Gasteiger partial charge in [-0.2, -0.15) is 0 Å². The number of hydrogen-bond donors (Lipinski definition) is 1. The minimum absolute atomic E-state index is 0.0235. The Bertz CT molecular complexity index is 282. The van der Waals surface area contributed by atoms with Crippen LogP contribution in [0.2, 0.25) is 0 Å². The van der Waals surface area contributed by atoms with Gasteiger partial charge in [0, 0.05) is 6.04 Å². The molecular formula is C11H18ClNO3. The van der Waals surface area contributed by atoms with Crippen molar-refractivity contribution < 1.29 is 14.3 Å². The number of ketones is 1. The van der Waals surface area contributed by atoms with Crippen LogP contribution in [0.15, 0.2) is 0 Å². The van der Waals surface area contributed by atoms with Crippen molar-refractivity contribution in [2.24, 2.45) is 11.8 Å². The molecular weight excluding hydrogens is 230 g/mol. The molecule has 0 aliphatic carbocycles. The third-order valence-corrected chi connectivity index (χ3v) is 3.37. The highest BCUT2D eigenvalue weighted by molar-refractivity contribution is 6.28. The first-order valence-electron chi connectivity index (χ1n) is 5.54. The number of nitrogens with one attached hydrogen (secondary N) is 1. The second kappa shape index (κ2) is 5.64. The quantitative estimate of drug-likeness (QED) is 0.594. The molecule has 0 aromatic heterocycles. The van der Waals surface area contributed by atoms with E-state index in [0.29, 0.717) is 6.61 Å². The van der Waals surface area contributed by atoms with Crippen LogP contribution in [0.25, 0.3) is 0 Å². The van der Waals surface area contributed by atoms with Crippen LogP contribution in [-0.4, -0.2) is 36.3 Å². The van der Waals surface area contributed by atoms with Crippen molar-refractivity contribution in [1.82, 2.24) is 5.32 Å². The summed E-state index contributed by atoms with van der Waals surface area (Å²) in [4.78, 5) is 23.3. The molecule has 1 heterocycles. The first kappa shape index (κ1) is 13.5. The molecule has 0 saturated carbocycles. The monoisotopic (exact) mass is 247 g/mol. The van der Waals surface area contributed by atoms with E-state index in [-0.39, 0.29) is 41.6 Å². The molecule has 1 saturated heterocycles. The molecule has 1 N–H and O–H groups in total. The topological polar surface area (TPSA) is 55.4 Å². The zero-order valence-electron chi connectivity index (χ0n) is 9.83. The number of ether oxygens (including phenoxy) is 1. The number of Topliss-reactive ketones (excluding diaryl/α,β-unsaturated/α-hetero) is 1. The fourth-order valence-electron chi connectivity index (χ4n) is 2.33. The number of hydrogen-bond acceptors (Lipinski definition) is 4. The number of carbonyl (C=O) groups is 2. The molecule has 1 rings (SSSR count). The van der Waals surface area contributed by atoms with Gasteiger partial charge in [-0.05, 0) is 19.8 Å². The van der Waals surface area contributed by atoms with Gasteiger partial charge < -0.3 is 10.1 Å². The zero-order valence-corrected chi connectivity index (χ0v) is 10.6. The molecule has 4 nitrogen and oxygen atoms in total. The molecule has 0 aromatic rings. The van der Waals surface area contributed by atoms with E-state index in [2.05, 4.69) is 5.32 Å². The van der Waals surface area contributed by atoms with Gasteiger partial charge in [0.1, 0.15) is 0 Å². The van der Waals surface area contributed by atoms with E-state index >= 15 is 0 Å². The Morgan fingerprint density at radius 3 is 2.50 bits per heavy atom. The Morgan fingerprint density at radius 1 is 1.38 bits per heavy atom. The van der Waals surface area contributed by atoms with Crippen LogP contribution in [0.3, 0.4) is 0 Å². The molecule has 4 unspecified atom stereocenters. The minimum Gasteiger partial charge on any atom is -0.466 e. The van der Waals surface area contributed by atoms with E-state index in [4.69, 9.17) is 16.3 Å². The fourth-order valence-corrected chi connectivity index (χ4v) is 2.49. The fraction of sp³-hybridized carbons (Fsp3) is 0.818.